The summed E-state index contributed by atoms with van der Waals surface area (Å²) in [6.45, 7) is 6.41. The van der Waals surface area contributed by atoms with E-state index >= 15 is 0 Å². The quantitative estimate of drug-likeness (QED) is 0.815. The van der Waals surface area contributed by atoms with Crippen molar-refractivity contribution in [1.29, 1.82) is 0 Å². The van der Waals surface area contributed by atoms with Gasteiger partial charge in [0.05, 0.1) is 5.52 Å². The molecule has 1 heterocycles. The molecule has 2 N–H and O–H groups in total. The van der Waals surface area contributed by atoms with Crippen LogP contribution in [0.25, 0.3) is 10.9 Å². The number of amides is 1. The van der Waals surface area contributed by atoms with Gasteiger partial charge in [-0.3, -0.25) is 9.78 Å². The molecular formula is C14H16N2O. The number of carbonyl (C=O) groups is 1. The van der Waals surface area contributed by atoms with E-state index in [-0.39, 0.29) is 5.41 Å². The van der Waals surface area contributed by atoms with Crippen molar-refractivity contribution in [3.63, 3.8) is 0 Å². The van der Waals surface area contributed by atoms with E-state index in [1.165, 1.54) is 5.56 Å². The molecule has 88 valence electrons. The summed E-state index contributed by atoms with van der Waals surface area (Å²) in [5.74, 6) is -0.407. The van der Waals surface area contributed by atoms with E-state index in [0.717, 1.165) is 10.9 Å². The largest absolute Gasteiger partial charge is 0.366 e. The number of hydrogen-bond acceptors (Lipinski definition) is 2. The summed E-state index contributed by atoms with van der Waals surface area (Å²) in [4.78, 5) is 15.5. The molecule has 0 aliphatic heterocycles. The number of rotatable bonds is 1. The number of carbonyl (C=O) groups excluding carboxylic acids is 1. The van der Waals surface area contributed by atoms with Gasteiger partial charge in [-0.25, -0.2) is 0 Å². The molecule has 2 aromatic rings. The SMILES string of the molecule is CC(C)(C)c1ccnc2ccc(C(N)=O)cc12. The standard InChI is InChI=1S/C14H16N2O/c1-14(2,3)11-6-7-16-12-5-4-9(13(15)17)8-10(11)12/h4-8H,1-3H3,(H2,15,17). The van der Waals surface area contributed by atoms with Crippen LogP contribution in [-0.4, -0.2) is 10.9 Å². The molecule has 1 aromatic carbocycles. The van der Waals surface area contributed by atoms with E-state index in [1.54, 1.807) is 12.3 Å². The van der Waals surface area contributed by atoms with E-state index in [4.69, 9.17) is 5.73 Å². The second kappa shape index (κ2) is 3.84. The third-order valence-electron chi connectivity index (χ3n) is 2.83. The first kappa shape index (κ1) is 11.6. The second-order valence-electron chi connectivity index (χ2n) is 5.20. The maximum Gasteiger partial charge on any atom is 0.248 e. The Kier molecular flexibility index (Phi) is 2.62. The molecule has 0 aliphatic rings. The second-order valence-corrected chi connectivity index (χ2v) is 5.20. The molecule has 2 rings (SSSR count). The molecule has 1 amide bonds. The highest BCUT2D eigenvalue weighted by Crippen LogP contribution is 2.29. The molecule has 0 radical (unpaired) electrons. The van der Waals surface area contributed by atoms with Crippen LogP contribution in [0, 0.1) is 0 Å². The lowest BCUT2D eigenvalue weighted by Crippen LogP contribution is -2.14. The summed E-state index contributed by atoms with van der Waals surface area (Å²) >= 11 is 0. The number of benzene rings is 1. The lowest BCUT2D eigenvalue weighted by molar-refractivity contribution is 0.100. The molecule has 3 heteroatoms. The number of nitrogens with zero attached hydrogens (tertiary/aromatic N) is 1. The molecule has 0 fully saturated rings. The van der Waals surface area contributed by atoms with Gasteiger partial charge in [0.25, 0.3) is 0 Å². The molecule has 1 aromatic heterocycles. The Morgan fingerprint density at radius 1 is 1.24 bits per heavy atom. The first-order valence-corrected chi connectivity index (χ1v) is 5.58. The van der Waals surface area contributed by atoms with Crippen molar-refractivity contribution in [3.8, 4) is 0 Å². The smallest absolute Gasteiger partial charge is 0.248 e. The highest BCUT2D eigenvalue weighted by molar-refractivity contribution is 5.97. The zero-order valence-corrected chi connectivity index (χ0v) is 10.3. The van der Waals surface area contributed by atoms with Crippen molar-refractivity contribution in [2.75, 3.05) is 0 Å². The Bertz CT molecular complexity index is 582. The fraction of sp³-hybridized carbons (Fsp3) is 0.286. The summed E-state index contributed by atoms with van der Waals surface area (Å²) in [5.41, 5.74) is 7.90. The minimum Gasteiger partial charge on any atom is -0.366 e. The summed E-state index contributed by atoms with van der Waals surface area (Å²) in [6, 6.07) is 7.37. The Balaban J connectivity index is 2.77. The average molecular weight is 228 g/mol. The van der Waals surface area contributed by atoms with Gasteiger partial charge in [0.1, 0.15) is 0 Å². The summed E-state index contributed by atoms with van der Waals surface area (Å²) < 4.78 is 0. The van der Waals surface area contributed by atoms with Gasteiger partial charge in [-0.1, -0.05) is 20.8 Å². The predicted molar refractivity (Wildman–Crippen MR) is 69.0 cm³/mol. The van der Waals surface area contributed by atoms with E-state index in [2.05, 4.69) is 25.8 Å². The van der Waals surface area contributed by atoms with Crippen LogP contribution in [0.4, 0.5) is 0 Å². The van der Waals surface area contributed by atoms with Crippen LogP contribution in [0.15, 0.2) is 30.5 Å². The van der Waals surface area contributed by atoms with Gasteiger partial charge < -0.3 is 5.73 Å². The van der Waals surface area contributed by atoms with Gasteiger partial charge in [-0.05, 0) is 35.2 Å². The Hall–Kier alpha value is -1.90. The van der Waals surface area contributed by atoms with Gasteiger partial charge in [0.15, 0.2) is 0 Å². The monoisotopic (exact) mass is 228 g/mol. The maximum absolute atomic E-state index is 11.2. The van der Waals surface area contributed by atoms with Gasteiger partial charge in [-0.2, -0.15) is 0 Å². The van der Waals surface area contributed by atoms with Crippen LogP contribution < -0.4 is 5.73 Å². The fourth-order valence-electron chi connectivity index (χ4n) is 1.95. The van der Waals surface area contributed by atoms with Crippen molar-refractivity contribution in [3.05, 3.63) is 41.6 Å². The molecule has 0 atom stereocenters. The van der Waals surface area contributed by atoms with E-state index in [0.29, 0.717) is 5.56 Å². The highest BCUT2D eigenvalue weighted by Gasteiger charge is 2.17. The number of nitrogens with two attached hydrogens (primary N) is 1. The number of aromatic nitrogens is 1. The van der Waals surface area contributed by atoms with Crippen LogP contribution in [0.2, 0.25) is 0 Å². The Morgan fingerprint density at radius 2 is 1.94 bits per heavy atom. The van der Waals surface area contributed by atoms with Crippen molar-refractivity contribution in [2.24, 2.45) is 5.73 Å². The summed E-state index contributed by atoms with van der Waals surface area (Å²) in [5, 5.41) is 0.997. The Labute approximate surface area is 101 Å². The van der Waals surface area contributed by atoms with Gasteiger partial charge >= 0.3 is 0 Å². The number of primary amides is 1. The third kappa shape index (κ3) is 2.13. The van der Waals surface area contributed by atoms with Gasteiger partial charge in [-0.15, -0.1) is 0 Å². The van der Waals surface area contributed by atoms with Gasteiger partial charge in [0.2, 0.25) is 5.91 Å². The van der Waals surface area contributed by atoms with Crippen LogP contribution in [0.3, 0.4) is 0 Å². The topological polar surface area (TPSA) is 56.0 Å². The van der Waals surface area contributed by atoms with E-state index in [1.807, 2.05) is 18.2 Å². The van der Waals surface area contributed by atoms with Crippen molar-refractivity contribution in [1.82, 2.24) is 4.98 Å². The maximum atomic E-state index is 11.2. The normalized spacial score (nSPS) is 11.7. The average Bonchev–Trinajstić information content (AvgIpc) is 2.26. The number of hydrogen-bond donors (Lipinski definition) is 1. The Morgan fingerprint density at radius 3 is 2.53 bits per heavy atom. The minimum absolute atomic E-state index is 0.0114. The van der Waals surface area contributed by atoms with Crippen LogP contribution in [0.5, 0.6) is 0 Å². The summed E-state index contributed by atoms with van der Waals surface area (Å²) in [7, 11) is 0. The van der Waals surface area contributed by atoms with Crippen molar-refractivity contribution >= 4 is 16.8 Å². The van der Waals surface area contributed by atoms with Crippen molar-refractivity contribution in [2.45, 2.75) is 26.2 Å². The number of fused-ring (bicyclic) bond motifs is 1. The molecule has 0 saturated carbocycles. The highest BCUT2D eigenvalue weighted by atomic mass is 16.1. The van der Waals surface area contributed by atoms with Crippen LogP contribution >= 0.6 is 0 Å². The first-order valence-electron chi connectivity index (χ1n) is 5.58. The molecule has 17 heavy (non-hydrogen) atoms. The molecule has 0 unspecified atom stereocenters. The molecule has 0 aliphatic carbocycles. The molecule has 0 saturated heterocycles. The van der Waals surface area contributed by atoms with E-state index < -0.39 is 5.91 Å². The van der Waals surface area contributed by atoms with Crippen LogP contribution in [0.1, 0.15) is 36.7 Å². The molecule has 0 bridgehead atoms. The summed E-state index contributed by atoms with van der Waals surface area (Å²) in [6.07, 6.45) is 1.80. The zero-order chi connectivity index (χ0) is 12.6. The zero-order valence-electron chi connectivity index (χ0n) is 10.3. The number of pyridine rings is 1. The predicted octanol–water partition coefficient (Wildman–Crippen LogP) is 2.63. The van der Waals surface area contributed by atoms with Crippen LogP contribution in [-0.2, 0) is 5.41 Å². The van der Waals surface area contributed by atoms with E-state index in [9.17, 15) is 4.79 Å². The molecule has 0 spiro atoms. The molecular weight excluding hydrogens is 212 g/mol. The molecule has 3 nitrogen and oxygen atoms in total. The minimum atomic E-state index is -0.407. The van der Waals surface area contributed by atoms with Crippen molar-refractivity contribution < 1.29 is 4.79 Å². The first-order chi connectivity index (χ1) is 7.89. The third-order valence-corrected chi connectivity index (χ3v) is 2.83. The lowest BCUT2D eigenvalue weighted by Gasteiger charge is -2.21. The lowest BCUT2D eigenvalue weighted by atomic mass is 9.84. The fourth-order valence-corrected chi connectivity index (χ4v) is 1.95. The van der Waals surface area contributed by atoms with Gasteiger partial charge in [0, 0.05) is 17.1 Å².